The van der Waals surface area contributed by atoms with E-state index in [1.54, 1.807) is 17.0 Å². The molecule has 1 aliphatic rings. The predicted octanol–water partition coefficient (Wildman–Crippen LogP) is 2.46. The number of morpholine rings is 1. The predicted molar refractivity (Wildman–Crippen MR) is 124 cm³/mol. The Balaban J connectivity index is 1.75. The highest BCUT2D eigenvalue weighted by Gasteiger charge is 2.32. The van der Waals surface area contributed by atoms with E-state index in [-0.39, 0.29) is 28.0 Å². The Bertz CT molecular complexity index is 1110. The number of thioether (sulfide) groups is 1. The minimum Gasteiger partial charge on any atom is -0.404 e. The van der Waals surface area contributed by atoms with Crippen LogP contribution in [0.4, 0.5) is 18.9 Å². The second kappa shape index (κ2) is 11.8. The third-order valence-electron chi connectivity index (χ3n) is 4.54. The normalized spacial score (nSPS) is 14.9. The third-order valence-corrected chi connectivity index (χ3v) is 5.28. The highest BCUT2D eigenvalue weighted by molar-refractivity contribution is 8.26. The van der Waals surface area contributed by atoms with Gasteiger partial charge in [-0.05, 0) is 42.1 Å². The first-order valence-corrected chi connectivity index (χ1v) is 11.0. The minimum absolute atomic E-state index is 0.00265. The molecule has 14 heteroatoms. The molecule has 0 bridgehead atoms. The van der Waals surface area contributed by atoms with Gasteiger partial charge in [-0.3, -0.25) is 24.9 Å². The van der Waals surface area contributed by atoms with E-state index in [0.29, 0.717) is 43.6 Å². The van der Waals surface area contributed by atoms with Gasteiger partial charge in [0.05, 0.1) is 25.4 Å². The molecule has 2 amide bonds. The fourth-order valence-electron chi connectivity index (χ4n) is 2.97. The van der Waals surface area contributed by atoms with Crippen LogP contribution in [0.25, 0.3) is 0 Å². The number of halogens is 3. The van der Waals surface area contributed by atoms with Crippen molar-refractivity contribution in [3.8, 4) is 5.75 Å². The van der Waals surface area contributed by atoms with Gasteiger partial charge >= 0.3 is 6.36 Å². The quantitative estimate of drug-likeness (QED) is 0.397. The molecule has 1 aromatic heterocycles. The van der Waals surface area contributed by atoms with Gasteiger partial charge in [-0.1, -0.05) is 0 Å². The van der Waals surface area contributed by atoms with Crippen LogP contribution in [0.5, 0.6) is 5.75 Å². The van der Waals surface area contributed by atoms with Crippen molar-refractivity contribution in [3.05, 3.63) is 53.9 Å². The van der Waals surface area contributed by atoms with Crippen LogP contribution in [-0.2, 0) is 9.53 Å². The van der Waals surface area contributed by atoms with Crippen molar-refractivity contribution < 1.29 is 32.2 Å². The van der Waals surface area contributed by atoms with Crippen molar-refractivity contribution in [2.45, 2.75) is 6.36 Å². The number of nitrogens with two attached hydrogens (primary N) is 1. The summed E-state index contributed by atoms with van der Waals surface area (Å²) in [6.07, 6.45) is -2.04. The summed E-state index contributed by atoms with van der Waals surface area (Å²) in [5.41, 5.74) is 5.73. The summed E-state index contributed by atoms with van der Waals surface area (Å²) in [4.78, 5) is 34.3. The molecule has 0 saturated carbocycles. The number of ether oxygens (including phenoxy) is 2. The first-order valence-electron chi connectivity index (χ1n) is 10.2. The average molecular weight is 510 g/mol. The highest BCUT2D eigenvalue weighted by atomic mass is 32.2. The molecule has 0 atom stereocenters. The monoisotopic (exact) mass is 510 g/mol. The number of anilines is 1. The molecule has 35 heavy (non-hydrogen) atoms. The van der Waals surface area contributed by atoms with Gasteiger partial charge in [0.25, 0.3) is 5.91 Å². The van der Waals surface area contributed by atoms with Gasteiger partial charge in [0.1, 0.15) is 5.04 Å². The molecule has 0 spiro atoms. The van der Waals surface area contributed by atoms with Gasteiger partial charge in [0.2, 0.25) is 5.91 Å². The number of amides is 2. The molecule has 1 fully saturated rings. The number of amidine groups is 1. The number of benzene rings is 1. The Morgan fingerprint density at radius 1 is 1.26 bits per heavy atom. The number of carbonyl (C=O) groups excluding carboxylic acids is 2. The molecule has 1 saturated heterocycles. The zero-order valence-electron chi connectivity index (χ0n) is 18.2. The summed E-state index contributed by atoms with van der Waals surface area (Å²) in [6.45, 7) is 1.80. The number of alkyl halides is 3. The maximum atomic E-state index is 12.8. The Labute approximate surface area is 202 Å². The van der Waals surface area contributed by atoms with Gasteiger partial charge < -0.3 is 20.5 Å². The largest absolute Gasteiger partial charge is 0.573 e. The molecule has 0 radical (unpaired) electrons. The summed E-state index contributed by atoms with van der Waals surface area (Å²) in [5.74, 6) is -2.16. The molecule has 186 valence electrons. The maximum Gasteiger partial charge on any atom is 0.573 e. The van der Waals surface area contributed by atoms with Crippen molar-refractivity contribution in [2.75, 3.05) is 38.2 Å². The standard InChI is InChI=1S/C21H21F3N6O4S/c22-21(23,24)34-16-4-3-13(10-15(16)28-17(31)12-30-6-8-33-9-7-30)19(32)29-20(26)35-18(25)14-2-1-5-27-11-14/h1-5,10-11,25H,6-9,12H2,(H,28,31)(H2,26,29,32). The van der Waals surface area contributed by atoms with Gasteiger partial charge in [0, 0.05) is 36.6 Å². The molecular formula is C21H21F3N6O4S. The molecule has 3 rings (SSSR count). The lowest BCUT2D eigenvalue weighted by Gasteiger charge is -2.26. The van der Waals surface area contributed by atoms with Crippen LogP contribution in [-0.4, -0.2) is 71.1 Å². The molecule has 4 N–H and O–H groups in total. The number of pyridine rings is 1. The fourth-order valence-corrected chi connectivity index (χ4v) is 3.55. The van der Waals surface area contributed by atoms with Crippen LogP contribution < -0.4 is 15.8 Å². The molecule has 2 aromatic rings. The summed E-state index contributed by atoms with van der Waals surface area (Å²) >= 11 is 0.712. The number of hydrogen-bond donors (Lipinski definition) is 3. The van der Waals surface area contributed by atoms with Crippen LogP contribution in [0.2, 0.25) is 0 Å². The summed E-state index contributed by atoms with van der Waals surface area (Å²) in [5, 5.41) is 10.1. The molecular weight excluding hydrogens is 489 g/mol. The molecule has 1 aliphatic heterocycles. The molecule has 0 unspecified atom stereocenters. The molecule has 10 nitrogen and oxygen atoms in total. The number of aromatic nitrogens is 1. The van der Waals surface area contributed by atoms with Crippen molar-refractivity contribution in [1.29, 1.82) is 5.41 Å². The Morgan fingerprint density at radius 3 is 2.66 bits per heavy atom. The number of aliphatic imine (C=N–C) groups is 1. The Hall–Kier alpha value is -3.49. The molecule has 0 aliphatic carbocycles. The number of hydrogen-bond acceptors (Lipinski definition) is 8. The van der Waals surface area contributed by atoms with E-state index in [4.69, 9.17) is 15.9 Å². The lowest BCUT2D eigenvalue weighted by atomic mass is 10.1. The zero-order valence-corrected chi connectivity index (χ0v) is 19.0. The average Bonchev–Trinajstić information content (AvgIpc) is 2.80. The van der Waals surface area contributed by atoms with E-state index in [2.05, 4.69) is 20.0 Å². The van der Waals surface area contributed by atoms with E-state index < -0.39 is 23.9 Å². The lowest BCUT2D eigenvalue weighted by molar-refractivity contribution is -0.274. The van der Waals surface area contributed by atoms with Crippen molar-refractivity contribution in [2.24, 2.45) is 10.7 Å². The summed E-state index contributed by atoms with van der Waals surface area (Å²) in [6, 6.07) is 6.25. The zero-order chi connectivity index (χ0) is 25.4. The van der Waals surface area contributed by atoms with Crippen LogP contribution in [0.15, 0.2) is 47.7 Å². The Kier molecular flexibility index (Phi) is 8.78. The molecule has 2 heterocycles. The van der Waals surface area contributed by atoms with Gasteiger partial charge in [0.15, 0.2) is 10.9 Å². The van der Waals surface area contributed by atoms with E-state index >= 15 is 0 Å². The first-order chi connectivity index (χ1) is 16.6. The smallest absolute Gasteiger partial charge is 0.404 e. The summed E-state index contributed by atoms with van der Waals surface area (Å²) in [7, 11) is 0. The number of nitrogens with one attached hydrogen (secondary N) is 2. The SMILES string of the molecule is N=C(SC(N)=NC(=O)c1ccc(OC(F)(F)F)c(NC(=O)CN2CCOCC2)c1)c1cccnc1. The van der Waals surface area contributed by atoms with Crippen molar-refractivity contribution in [1.82, 2.24) is 9.88 Å². The van der Waals surface area contributed by atoms with E-state index in [0.717, 1.165) is 18.2 Å². The minimum atomic E-state index is -5.01. The van der Waals surface area contributed by atoms with Gasteiger partial charge in [-0.15, -0.1) is 13.2 Å². The van der Waals surface area contributed by atoms with Gasteiger partial charge in [-0.2, -0.15) is 4.99 Å². The summed E-state index contributed by atoms with van der Waals surface area (Å²) < 4.78 is 47.7. The third kappa shape index (κ3) is 8.35. The molecule has 1 aromatic carbocycles. The second-order valence-corrected chi connectivity index (χ2v) is 8.15. The lowest BCUT2D eigenvalue weighted by Crippen LogP contribution is -2.41. The van der Waals surface area contributed by atoms with Crippen molar-refractivity contribution >= 4 is 39.5 Å². The first kappa shape index (κ1) is 26.1. The fraction of sp³-hybridized carbons (Fsp3) is 0.286. The maximum absolute atomic E-state index is 12.8. The van der Waals surface area contributed by atoms with E-state index in [1.165, 1.54) is 12.4 Å². The van der Waals surface area contributed by atoms with Crippen molar-refractivity contribution in [3.63, 3.8) is 0 Å². The van der Waals surface area contributed by atoms with Crippen LogP contribution in [0, 0.1) is 5.41 Å². The van der Waals surface area contributed by atoms with E-state index in [1.807, 2.05) is 0 Å². The van der Waals surface area contributed by atoms with Crippen LogP contribution >= 0.6 is 11.8 Å². The second-order valence-electron chi connectivity index (χ2n) is 7.12. The highest BCUT2D eigenvalue weighted by Crippen LogP contribution is 2.31. The topological polar surface area (TPSA) is 143 Å². The number of rotatable bonds is 6. The Morgan fingerprint density at radius 2 is 2.00 bits per heavy atom. The number of nitrogens with zero attached hydrogens (tertiary/aromatic N) is 3. The van der Waals surface area contributed by atoms with Crippen LogP contribution in [0.1, 0.15) is 15.9 Å². The van der Waals surface area contributed by atoms with E-state index in [9.17, 15) is 22.8 Å². The van der Waals surface area contributed by atoms with Gasteiger partial charge in [-0.25, -0.2) is 0 Å². The van der Waals surface area contributed by atoms with Crippen LogP contribution in [0.3, 0.4) is 0 Å². The number of carbonyl (C=O) groups is 2.